The van der Waals surface area contributed by atoms with Crippen LogP contribution in [0.15, 0.2) is 24.5 Å². The van der Waals surface area contributed by atoms with E-state index in [1.165, 1.54) is 4.90 Å². The molecule has 2 saturated heterocycles. The standard InChI is InChI=1S/C18H21BN4O4/c1-17(2)18(3,4)27-19(26-17)14-8-12(7-11-9-20-21-10-13(11)14)23-6-5-15(24)22-16(23)25/h7-10H,5-6H2,1-4H3,(H,22,24,25). The molecule has 0 aliphatic carbocycles. The number of hydrogen-bond donors (Lipinski definition) is 1. The van der Waals surface area contributed by atoms with Crippen LogP contribution in [0.25, 0.3) is 10.8 Å². The number of amides is 3. The Morgan fingerprint density at radius 3 is 2.41 bits per heavy atom. The van der Waals surface area contributed by atoms with E-state index < -0.39 is 24.4 Å². The normalized spacial score (nSPS) is 21.6. The van der Waals surface area contributed by atoms with E-state index in [1.54, 1.807) is 12.4 Å². The Kier molecular flexibility index (Phi) is 3.97. The summed E-state index contributed by atoms with van der Waals surface area (Å²) in [5.41, 5.74) is 0.455. The van der Waals surface area contributed by atoms with Crippen LogP contribution in [0.4, 0.5) is 10.5 Å². The van der Waals surface area contributed by atoms with Crippen LogP contribution < -0.4 is 15.7 Å². The first kappa shape index (κ1) is 17.9. The molecule has 27 heavy (non-hydrogen) atoms. The third-order valence-electron chi connectivity index (χ3n) is 5.55. The number of nitrogens with zero attached hydrogens (tertiary/aromatic N) is 3. The highest BCUT2D eigenvalue weighted by Gasteiger charge is 2.52. The van der Waals surface area contributed by atoms with Gasteiger partial charge in [-0.15, -0.1) is 0 Å². The summed E-state index contributed by atoms with van der Waals surface area (Å²) in [5, 5.41) is 11.9. The molecule has 4 rings (SSSR count). The number of benzene rings is 1. The summed E-state index contributed by atoms with van der Waals surface area (Å²) < 4.78 is 12.4. The first-order valence-electron chi connectivity index (χ1n) is 8.89. The summed E-state index contributed by atoms with van der Waals surface area (Å²) in [6.45, 7) is 8.27. The van der Waals surface area contributed by atoms with Crippen LogP contribution in [0, 0.1) is 0 Å². The number of nitrogens with one attached hydrogen (secondary N) is 1. The fourth-order valence-electron chi connectivity index (χ4n) is 3.26. The van der Waals surface area contributed by atoms with Crippen molar-refractivity contribution in [1.82, 2.24) is 15.5 Å². The predicted molar refractivity (Wildman–Crippen MR) is 101 cm³/mol. The van der Waals surface area contributed by atoms with Crippen molar-refractivity contribution in [1.29, 1.82) is 0 Å². The minimum atomic E-state index is -0.601. The SMILES string of the molecule is CC1(C)OB(c2cc(N3CCC(=O)NC3=O)cc3cnncc23)OC1(C)C. The van der Waals surface area contributed by atoms with Crippen molar-refractivity contribution >= 4 is 41.0 Å². The first-order chi connectivity index (χ1) is 12.7. The van der Waals surface area contributed by atoms with Crippen LogP contribution in [0.2, 0.25) is 0 Å². The molecule has 1 N–H and O–H groups in total. The van der Waals surface area contributed by atoms with Gasteiger partial charge in [0.15, 0.2) is 0 Å². The van der Waals surface area contributed by atoms with Crippen LogP contribution in [0.5, 0.6) is 0 Å². The number of imide groups is 1. The lowest BCUT2D eigenvalue weighted by Crippen LogP contribution is -2.50. The van der Waals surface area contributed by atoms with E-state index in [2.05, 4.69) is 15.5 Å². The van der Waals surface area contributed by atoms with Gasteiger partial charge in [-0.2, -0.15) is 10.2 Å². The van der Waals surface area contributed by atoms with E-state index in [4.69, 9.17) is 9.31 Å². The largest absolute Gasteiger partial charge is 0.495 e. The zero-order valence-electron chi connectivity index (χ0n) is 15.8. The van der Waals surface area contributed by atoms with Gasteiger partial charge in [0, 0.05) is 29.4 Å². The second-order valence-electron chi connectivity index (χ2n) is 7.87. The molecule has 3 heterocycles. The van der Waals surface area contributed by atoms with Gasteiger partial charge >= 0.3 is 13.1 Å². The summed E-state index contributed by atoms with van der Waals surface area (Å²) in [6.07, 6.45) is 3.56. The molecule has 1 aromatic heterocycles. The molecule has 9 heteroatoms. The van der Waals surface area contributed by atoms with Gasteiger partial charge in [0.05, 0.1) is 23.6 Å². The van der Waals surface area contributed by atoms with Crippen molar-refractivity contribution in [2.45, 2.75) is 45.3 Å². The molecular formula is C18H21BN4O4. The second-order valence-corrected chi connectivity index (χ2v) is 7.87. The minimum Gasteiger partial charge on any atom is -0.399 e. The Bertz CT molecular complexity index is 930. The fraction of sp³-hybridized carbons (Fsp3) is 0.444. The number of fused-ring (bicyclic) bond motifs is 1. The molecule has 0 radical (unpaired) electrons. The number of anilines is 1. The maximum atomic E-state index is 12.3. The smallest absolute Gasteiger partial charge is 0.399 e. The van der Waals surface area contributed by atoms with Gasteiger partial charge in [0.1, 0.15) is 0 Å². The zero-order valence-corrected chi connectivity index (χ0v) is 15.8. The molecule has 2 aliphatic heterocycles. The van der Waals surface area contributed by atoms with E-state index >= 15 is 0 Å². The highest BCUT2D eigenvalue weighted by atomic mass is 16.7. The molecule has 2 fully saturated rings. The van der Waals surface area contributed by atoms with Gasteiger partial charge < -0.3 is 9.31 Å². The minimum absolute atomic E-state index is 0.254. The zero-order chi connectivity index (χ0) is 19.4. The van der Waals surface area contributed by atoms with Crippen LogP contribution in [0.1, 0.15) is 34.1 Å². The average molecular weight is 368 g/mol. The lowest BCUT2D eigenvalue weighted by Gasteiger charge is -2.32. The molecule has 140 valence electrons. The van der Waals surface area contributed by atoms with E-state index in [-0.39, 0.29) is 12.3 Å². The topological polar surface area (TPSA) is 93.7 Å². The van der Waals surface area contributed by atoms with Crippen LogP contribution in [-0.4, -0.2) is 47.0 Å². The maximum Gasteiger partial charge on any atom is 0.495 e. The average Bonchev–Trinajstić information content (AvgIpc) is 2.81. The van der Waals surface area contributed by atoms with E-state index in [9.17, 15) is 9.59 Å². The van der Waals surface area contributed by atoms with E-state index in [0.29, 0.717) is 12.2 Å². The summed E-state index contributed by atoms with van der Waals surface area (Å²) in [5.74, 6) is -0.269. The predicted octanol–water partition coefficient (Wildman–Crippen LogP) is 1.38. The summed E-state index contributed by atoms with van der Waals surface area (Å²) in [7, 11) is -0.601. The van der Waals surface area contributed by atoms with E-state index in [1.807, 2.05) is 39.8 Å². The van der Waals surface area contributed by atoms with Crippen LogP contribution in [-0.2, 0) is 14.1 Å². The van der Waals surface area contributed by atoms with Crippen molar-refractivity contribution in [3.05, 3.63) is 24.5 Å². The Hall–Kier alpha value is -2.52. The fourth-order valence-corrected chi connectivity index (χ4v) is 3.26. The molecule has 1 aromatic carbocycles. The molecule has 0 bridgehead atoms. The molecule has 8 nitrogen and oxygen atoms in total. The molecule has 2 aromatic rings. The monoisotopic (exact) mass is 368 g/mol. The van der Waals surface area contributed by atoms with Gasteiger partial charge in [-0.3, -0.25) is 15.0 Å². The van der Waals surface area contributed by atoms with Gasteiger partial charge in [-0.25, -0.2) is 4.79 Å². The summed E-state index contributed by atoms with van der Waals surface area (Å²) in [6, 6.07) is 3.28. The maximum absolute atomic E-state index is 12.3. The van der Waals surface area contributed by atoms with Gasteiger partial charge in [-0.05, 0) is 45.3 Å². The Morgan fingerprint density at radius 1 is 1.07 bits per heavy atom. The molecule has 3 amide bonds. The molecule has 0 unspecified atom stereocenters. The summed E-state index contributed by atoms with van der Waals surface area (Å²) >= 11 is 0. The second kappa shape index (κ2) is 6.00. The number of carbonyl (C=O) groups excluding carboxylic acids is 2. The lowest BCUT2D eigenvalue weighted by atomic mass is 9.76. The highest BCUT2D eigenvalue weighted by Crippen LogP contribution is 2.37. The molecule has 2 aliphatic rings. The molecule has 0 atom stereocenters. The number of hydrogen-bond acceptors (Lipinski definition) is 6. The van der Waals surface area contributed by atoms with Crippen LogP contribution >= 0.6 is 0 Å². The van der Waals surface area contributed by atoms with Gasteiger partial charge in [0.25, 0.3) is 0 Å². The Morgan fingerprint density at radius 2 is 1.74 bits per heavy atom. The number of urea groups is 1. The number of aromatic nitrogens is 2. The number of carbonyl (C=O) groups is 2. The van der Waals surface area contributed by atoms with Crippen molar-refractivity contribution in [3.8, 4) is 0 Å². The van der Waals surface area contributed by atoms with Crippen molar-refractivity contribution < 1.29 is 18.9 Å². The van der Waals surface area contributed by atoms with Gasteiger partial charge in [0.2, 0.25) is 5.91 Å². The summed E-state index contributed by atoms with van der Waals surface area (Å²) in [4.78, 5) is 25.3. The lowest BCUT2D eigenvalue weighted by molar-refractivity contribution is -0.120. The van der Waals surface area contributed by atoms with Crippen molar-refractivity contribution in [3.63, 3.8) is 0 Å². The quantitative estimate of drug-likeness (QED) is 0.805. The van der Waals surface area contributed by atoms with E-state index in [0.717, 1.165) is 16.2 Å². The molecule has 0 saturated carbocycles. The highest BCUT2D eigenvalue weighted by molar-refractivity contribution is 6.65. The number of rotatable bonds is 2. The third kappa shape index (κ3) is 2.96. The van der Waals surface area contributed by atoms with Gasteiger partial charge in [-0.1, -0.05) is 0 Å². The van der Waals surface area contributed by atoms with Crippen molar-refractivity contribution in [2.24, 2.45) is 0 Å². The third-order valence-corrected chi connectivity index (χ3v) is 5.55. The first-order valence-corrected chi connectivity index (χ1v) is 8.89. The molecular weight excluding hydrogens is 347 g/mol. The van der Waals surface area contributed by atoms with Crippen molar-refractivity contribution in [2.75, 3.05) is 11.4 Å². The Labute approximate surface area is 157 Å². The Balaban J connectivity index is 1.81. The molecule has 0 spiro atoms. The van der Waals surface area contributed by atoms with Crippen LogP contribution in [0.3, 0.4) is 0 Å².